The van der Waals surface area contributed by atoms with Crippen molar-refractivity contribution in [1.82, 2.24) is 10.3 Å². The monoisotopic (exact) mass is 471 g/mol. The highest BCUT2D eigenvalue weighted by Crippen LogP contribution is 2.38. The Morgan fingerprint density at radius 1 is 0.971 bits per heavy atom. The molecular weight excluding hydrogens is 442 g/mol. The molecule has 1 amide bonds. The number of ether oxygens (including phenoxy) is 2. The lowest BCUT2D eigenvalue weighted by atomic mass is 10.0. The average Bonchev–Trinajstić information content (AvgIpc) is 3.17. The van der Waals surface area contributed by atoms with Crippen LogP contribution in [-0.2, 0) is 11.3 Å². The normalized spacial score (nSPS) is 11.5. The molecule has 0 unspecified atom stereocenters. The van der Waals surface area contributed by atoms with Crippen LogP contribution in [0.2, 0.25) is 0 Å². The van der Waals surface area contributed by atoms with Gasteiger partial charge in [0.2, 0.25) is 5.91 Å². The predicted octanol–water partition coefficient (Wildman–Crippen LogP) is 5.48. The Bertz CT molecular complexity index is 1340. The zero-order chi connectivity index (χ0) is 24.8. The smallest absolute Gasteiger partial charge is 0.217 e. The van der Waals surface area contributed by atoms with Gasteiger partial charge in [-0.1, -0.05) is 42.5 Å². The molecule has 3 aromatic carbocycles. The first-order valence-electron chi connectivity index (χ1n) is 11.6. The molecule has 0 spiro atoms. The highest BCUT2D eigenvalue weighted by Gasteiger charge is 2.21. The van der Waals surface area contributed by atoms with E-state index in [0.717, 1.165) is 27.7 Å². The maximum absolute atomic E-state index is 11.2. The Labute approximate surface area is 204 Å². The molecule has 0 saturated carbocycles. The minimum absolute atomic E-state index is 0.0148. The van der Waals surface area contributed by atoms with E-state index in [2.05, 4.69) is 10.3 Å². The summed E-state index contributed by atoms with van der Waals surface area (Å²) in [7, 11) is 0. The summed E-state index contributed by atoms with van der Waals surface area (Å²) in [6.45, 7) is 6.77. The molecule has 0 radical (unpaired) electrons. The lowest BCUT2D eigenvalue weighted by Crippen LogP contribution is -2.18. The summed E-state index contributed by atoms with van der Waals surface area (Å²) in [4.78, 5) is 19.2. The van der Waals surface area contributed by atoms with Gasteiger partial charge >= 0.3 is 0 Å². The van der Waals surface area contributed by atoms with Gasteiger partial charge in [-0.05, 0) is 37.6 Å². The van der Waals surface area contributed by atoms with Crippen molar-refractivity contribution in [1.29, 1.82) is 0 Å². The molecule has 0 atom stereocenters. The van der Waals surface area contributed by atoms with E-state index < -0.39 is 0 Å². The molecule has 7 heteroatoms. The summed E-state index contributed by atoms with van der Waals surface area (Å²) in [6.07, 6.45) is 0. The molecule has 0 aliphatic rings. The zero-order valence-corrected chi connectivity index (χ0v) is 20.1. The number of benzene rings is 3. The molecule has 1 aromatic heterocycles. The van der Waals surface area contributed by atoms with Crippen LogP contribution in [-0.4, -0.2) is 34.9 Å². The topological polar surface area (TPSA) is 95.9 Å². The lowest BCUT2D eigenvalue weighted by Gasteiger charge is -2.12. The third-order valence-electron chi connectivity index (χ3n) is 5.45. The van der Waals surface area contributed by atoms with Gasteiger partial charge in [0.05, 0.1) is 35.7 Å². The molecule has 0 bridgehead atoms. The van der Waals surface area contributed by atoms with Crippen molar-refractivity contribution in [3.8, 4) is 17.4 Å². The number of aromatic hydroxyl groups is 1. The first-order valence-corrected chi connectivity index (χ1v) is 11.6. The van der Waals surface area contributed by atoms with E-state index in [4.69, 9.17) is 14.5 Å². The van der Waals surface area contributed by atoms with E-state index in [-0.39, 0.29) is 11.8 Å². The van der Waals surface area contributed by atoms with Crippen molar-refractivity contribution in [2.45, 2.75) is 27.3 Å². The summed E-state index contributed by atoms with van der Waals surface area (Å²) < 4.78 is 11.6. The SMILES string of the molecule is CCOc1cc2[nH]c(O)c(C(=Nc3ccc(CNC(C)=O)cc3)c3ccccc3)c2cc1OCC. The predicted molar refractivity (Wildman–Crippen MR) is 138 cm³/mol. The molecule has 0 fully saturated rings. The molecule has 0 saturated heterocycles. The molecule has 3 N–H and O–H groups in total. The fourth-order valence-corrected chi connectivity index (χ4v) is 3.87. The van der Waals surface area contributed by atoms with E-state index in [0.29, 0.717) is 42.5 Å². The van der Waals surface area contributed by atoms with Crippen LogP contribution in [0.1, 0.15) is 37.5 Å². The largest absolute Gasteiger partial charge is 0.494 e. The van der Waals surface area contributed by atoms with Crippen LogP contribution in [0, 0.1) is 0 Å². The van der Waals surface area contributed by atoms with Crippen molar-refractivity contribution < 1.29 is 19.4 Å². The molecule has 1 heterocycles. The highest BCUT2D eigenvalue weighted by atomic mass is 16.5. The summed E-state index contributed by atoms with van der Waals surface area (Å²) in [6, 6.07) is 21.1. The van der Waals surface area contributed by atoms with E-state index in [9.17, 15) is 9.90 Å². The van der Waals surface area contributed by atoms with E-state index in [1.54, 1.807) is 0 Å². The molecule has 7 nitrogen and oxygen atoms in total. The van der Waals surface area contributed by atoms with Crippen LogP contribution in [0.5, 0.6) is 17.4 Å². The standard InChI is InChI=1S/C28H29N3O4/c1-4-34-24-15-22-23(16-25(24)35-5-2)31-28(33)26(22)27(20-9-7-6-8-10-20)30-21-13-11-19(12-14-21)17-29-18(3)32/h6-16,31,33H,4-5,17H2,1-3H3,(H,29,32). The van der Waals surface area contributed by atoms with Gasteiger partial charge in [0, 0.05) is 30.5 Å². The number of aromatic amines is 1. The molecule has 0 aliphatic heterocycles. The molecule has 4 rings (SSSR count). The fraction of sp³-hybridized carbons (Fsp3) is 0.214. The van der Waals surface area contributed by atoms with Crippen molar-refractivity contribution in [2.24, 2.45) is 4.99 Å². The number of carbonyl (C=O) groups excluding carboxylic acids is 1. The van der Waals surface area contributed by atoms with Crippen LogP contribution >= 0.6 is 0 Å². The van der Waals surface area contributed by atoms with E-state index >= 15 is 0 Å². The summed E-state index contributed by atoms with van der Waals surface area (Å²) in [5, 5.41) is 14.6. The molecule has 4 aromatic rings. The number of hydrogen-bond acceptors (Lipinski definition) is 5. The molecular formula is C28H29N3O4. The van der Waals surface area contributed by atoms with Crippen LogP contribution < -0.4 is 14.8 Å². The van der Waals surface area contributed by atoms with Gasteiger partial charge in [-0.2, -0.15) is 0 Å². The maximum atomic E-state index is 11.2. The van der Waals surface area contributed by atoms with Crippen molar-refractivity contribution >= 4 is 28.2 Å². The Balaban J connectivity index is 1.84. The van der Waals surface area contributed by atoms with Crippen LogP contribution in [0.15, 0.2) is 71.7 Å². The zero-order valence-electron chi connectivity index (χ0n) is 20.1. The van der Waals surface area contributed by atoms with Crippen molar-refractivity contribution in [2.75, 3.05) is 13.2 Å². The number of aliphatic imine (C=N–C) groups is 1. The van der Waals surface area contributed by atoms with E-state index in [1.807, 2.05) is 80.6 Å². The number of rotatable bonds is 9. The lowest BCUT2D eigenvalue weighted by molar-refractivity contribution is -0.119. The second kappa shape index (κ2) is 10.8. The van der Waals surface area contributed by atoms with Crippen LogP contribution in [0.25, 0.3) is 10.9 Å². The number of H-pyrrole nitrogens is 1. The summed E-state index contributed by atoms with van der Waals surface area (Å²) in [5.74, 6) is 1.16. The van der Waals surface area contributed by atoms with Gasteiger partial charge in [-0.15, -0.1) is 0 Å². The Morgan fingerprint density at radius 3 is 2.26 bits per heavy atom. The van der Waals surface area contributed by atoms with Crippen LogP contribution in [0.3, 0.4) is 0 Å². The Kier molecular flexibility index (Phi) is 7.35. The second-order valence-electron chi connectivity index (χ2n) is 7.96. The number of aromatic nitrogens is 1. The third kappa shape index (κ3) is 5.46. The van der Waals surface area contributed by atoms with Crippen LogP contribution in [0.4, 0.5) is 5.69 Å². The molecule has 0 aliphatic carbocycles. The maximum Gasteiger partial charge on any atom is 0.217 e. The van der Waals surface area contributed by atoms with Gasteiger partial charge < -0.3 is 24.9 Å². The number of nitrogens with zero attached hydrogens (tertiary/aromatic N) is 1. The quantitative estimate of drug-likeness (QED) is 0.282. The number of amides is 1. The number of nitrogens with one attached hydrogen (secondary N) is 2. The number of hydrogen-bond donors (Lipinski definition) is 3. The molecule has 180 valence electrons. The fourth-order valence-electron chi connectivity index (χ4n) is 3.87. The van der Waals surface area contributed by atoms with Gasteiger partial charge in [-0.3, -0.25) is 4.79 Å². The van der Waals surface area contributed by atoms with E-state index in [1.165, 1.54) is 6.92 Å². The summed E-state index contributed by atoms with van der Waals surface area (Å²) in [5.41, 5.74) is 4.48. The highest BCUT2D eigenvalue weighted by molar-refractivity contribution is 6.22. The first kappa shape index (κ1) is 23.9. The van der Waals surface area contributed by atoms with Gasteiger partial charge in [0.25, 0.3) is 0 Å². The van der Waals surface area contributed by atoms with Gasteiger partial charge in [0.1, 0.15) is 0 Å². The van der Waals surface area contributed by atoms with Crippen molar-refractivity contribution in [3.63, 3.8) is 0 Å². The average molecular weight is 472 g/mol. The first-order chi connectivity index (χ1) is 17.0. The van der Waals surface area contributed by atoms with Gasteiger partial charge in [0.15, 0.2) is 17.4 Å². The molecule has 35 heavy (non-hydrogen) atoms. The third-order valence-corrected chi connectivity index (χ3v) is 5.45. The summed E-state index contributed by atoms with van der Waals surface area (Å²) >= 11 is 0. The van der Waals surface area contributed by atoms with Crippen molar-refractivity contribution in [3.05, 3.63) is 83.4 Å². The Morgan fingerprint density at radius 2 is 1.63 bits per heavy atom. The minimum Gasteiger partial charge on any atom is -0.494 e. The number of fused-ring (bicyclic) bond motifs is 1. The number of carbonyl (C=O) groups is 1. The second-order valence-corrected chi connectivity index (χ2v) is 7.96. The Hall–Kier alpha value is -4.26. The van der Waals surface area contributed by atoms with Gasteiger partial charge in [-0.25, -0.2) is 4.99 Å². The minimum atomic E-state index is -0.0767.